The van der Waals surface area contributed by atoms with Gasteiger partial charge in [-0.25, -0.2) is 8.78 Å². The summed E-state index contributed by atoms with van der Waals surface area (Å²) in [7, 11) is 1.56. The van der Waals surface area contributed by atoms with Crippen molar-refractivity contribution < 1.29 is 23.4 Å². The minimum Gasteiger partial charge on any atom is -0.491 e. The van der Waals surface area contributed by atoms with E-state index in [1.54, 1.807) is 31.4 Å². The Morgan fingerprint density at radius 2 is 1.81 bits per heavy atom. The summed E-state index contributed by atoms with van der Waals surface area (Å²) in [5.74, 6) is -1.47. The van der Waals surface area contributed by atoms with Gasteiger partial charge in [0, 0.05) is 12.7 Å². The molecule has 0 aliphatic carbocycles. The second kappa shape index (κ2) is 7.15. The van der Waals surface area contributed by atoms with Crippen molar-refractivity contribution >= 4 is 0 Å². The van der Waals surface area contributed by atoms with Crippen LogP contribution in [0.15, 0.2) is 42.5 Å². The Morgan fingerprint density at radius 3 is 2.52 bits per heavy atom. The van der Waals surface area contributed by atoms with Gasteiger partial charge in [-0.3, -0.25) is 0 Å². The number of methoxy groups -OCH3 is 1. The maximum Gasteiger partial charge on any atom is 0.159 e. The second-order valence-corrected chi connectivity index (χ2v) is 4.46. The third kappa shape index (κ3) is 3.77. The van der Waals surface area contributed by atoms with E-state index in [0.29, 0.717) is 24.5 Å². The van der Waals surface area contributed by atoms with Gasteiger partial charge in [-0.1, -0.05) is 24.3 Å². The van der Waals surface area contributed by atoms with Crippen LogP contribution in [0.1, 0.15) is 17.2 Å². The molecule has 5 heteroatoms. The van der Waals surface area contributed by atoms with Gasteiger partial charge in [-0.2, -0.15) is 0 Å². The molecule has 1 N–H and O–H groups in total. The number of hydrogen-bond acceptors (Lipinski definition) is 3. The van der Waals surface area contributed by atoms with E-state index < -0.39 is 17.7 Å². The van der Waals surface area contributed by atoms with Crippen LogP contribution in [0.25, 0.3) is 0 Å². The molecular formula is C16H16F2O3. The number of hydrogen-bond donors (Lipinski definition) is 1. The summed E-state index contributed by atoms with van der Waals surface area (Å²) < 4.78 is 36.6. The van der Waals surface area contributed by atoms with Gasteiger partial charge in [0.15, 0.2) is 11.6 Å². The Bertz CT molecular complexity index is 602. The van der Waals surface area contributed by atoms with E-state index in [2.05, 4.69) is 0 Å². The molecule has 21 heavy (non-hydrogen) atoms. The highest BCUT2D eigenvalue weighted by molar-refractivity contribution is 5.40. The molecule has 112 valence electrons. The molecule has 0 saturated carbocycles. The molecule has 1 atom stereocenters. The molecule has 0 bridgehead atoms. The van der Waals surface area contributed by atoms with Crippen molar-refractivity contribution in [1.82, 2.24) is 0 Å². The van der Waals surface area contributed by atoms with Crippen LogP contribution in [0.3, 0.4) is 0 Å². The molecule has 0 spiro atoms. The first kappa shape index (κ1) is 15.4. The van der Waals surface area contributed by atoms with Crippen LogP contribution in [-0.2, 0) is 4.74 Å². The van der Waals surface area contributed by atoms with Crippen LogP contribution in [-0.4, -0.2) is 25.4 Å². The van der Waals surface area contributed by atoms with Gasteiger partial charge in [0.25, 0.3) is 0 Å². The lowest BCUT2D eigenvalue weighted by atomic mass is 10.0. The molecule has 2 aromatic carbocycles. The van der Waals surface area contributed by atoms with Crippen molar-refractivity contribution in [2.24, 2.45) is 0 Å². The van der Waals surface area contributed by atoms with Crippen LogP contribution in [0, 0.1) is 11.6 Å². The van der Waals surface area contributed by atoms with Crippen molar-refractivity contribution in [2.75, 3.05) is 20.3 Å². The summed E-state index contributed by atoms with van der Waals surface area (Å²) >= 11 is 0. The minimum absolute atomic E-state index is 0.261. The Morgan fingerprint density at radius 1 is 1.05 bits per heavy atom. The van der Waals surface area contributed by atoms with Gasteiger partial charge >= 0.3 is 0 Å². The van der Waals surface area contributed by atoms with E-state index in [-0.39, 0.29) is 5.56 Å². The van der Waals surface area contributed by atoms with Crippen LogP contribution in [0.4, 0.5) is 8.78 Å². The highest BCUT2D eigenvalue weighted by Crippen LogP contribution is 2.30. The lowest BCUT2D eigenvalue weighted by Crippen LogP contribution is -2.08. The molecule has 0 fully saturated rings. The lowest BCUT2D eigenvalue weighted by molar-refractivity contribution is 0.142. The first-order valence-electron chi connectivity index (χ1n) is 6.47. The standard InChI is InChI=1S/C16H16F2O3/c1-20-8-9-21-15-5-3-2-4-12(15)16(19)11-6-7-13(17)14(18)10-11/h2-7,10,16,19H,8-9H2,1H3. The summed E-state index contributed by atoms with van der Waals surface area (Å²) in [6, 6.07) is 10.2. The molecule has 0 saturated heterocycles. The molecule has 0 heterocycles. The summed E-state index contributed by atoms with van der Waals surface area (Å²) in [5.41, 5.74) is 0.747. The molecule has 0 aliphatic rings. The number of ether oxygens (including phenoxy) is 2. The Balaban J connectivity index is 2.25. The van der Waals surface area contributed by atoms with Gasteiger partial charge in [-0.15, -0.1) is 0 Å². The highest BCUT2D eigenvalue weighted by atomic mass is 19.2. The number of aliphatic hydroxyl groups excluding tert-OH is 1. The fraction of sp³-hybridized carbons (Fsp3) is 0.250. The molecular weight excluding hydrogens is 278 g/mol. The molecule has 3 nitrogen and oxygen atoms in total. The fourth-order valence-electron chi connectivity index (χ4n) is 1.93. The van der Waals surface area contributed by atoms with E-state index in [9.17, 15) is 13.9 Å². The molecule has 0 radical (unpaired) electrons. The Kier molecular flexibility index (Phi) is 5.25. The monoisotopic (exact) mass is 294 g/mol. The molecule has 2 aromatic rings. The average Bonchev–Trinajstić information content (AvgIpc) is 2.50. The number of halogens is 2. The molecule has 1 unspecified atom stereocenters. The van der Waals surface area contributed by atoms with Gasteiger partial charge in [0.2, 0.25) is 0 Å². The van der Waals surface area contributed by atoms with Crippen molar-refractivity contribution in [3.8, 4) is 5.75 Å². The van der Waals surface area contributed by atoms with Crippen molar-refractivity contribution in [2.45, 2.75) is 6.10 Å². The largest absolute Gasteiger partial charge is 0.491 e. The van der Waals surface area contributed by atoms with E-state index in [1.165, 1.54) is 6.07 Å². The third-order valence-electron chi connectivity index (χ3n) is 3.02. The van der Waals surface area contributed by atoms with E-state index in [0.717, 1.165) is 12.1 Å². The average molecular weight is 294 g/mol. The maximum atomic E-state index is 13.3. The first-order chi connectivity index (χ1) is 10.1. The molecule has 0 amide bonds. The van der Waals surface area contributed by atoms with Crippen molar-refractivity contribution in [3.63, 3.8) is 0 Å². The minimum atomic E-state index is -1.10. The number of aliphatic hydroxyl groups is 1. The van der Waals surface area contributed by atoms with Crippen molar-refractivity contribution in [3.05, 3.63) is 65.2 Å². The molecule has 2 rings (SSSR count). The van der Waals surface area contributed by atoms with E-state index >= 15 is 0 Å². The number of rotatable bonds is 6. The van der Waals surface area contributed by atoms with Crippen LogP contribution in [0.2, 0.25) is 0 Å². The topological polar surface area (TPSA) is 38.7 Å². The normalized spacial score (nSPS) is 12.2. The van der Waals surface area contributed by atoms with Gasteiger partial charge in [0.05, 0.1) is 6.61 Å². The van der Waals surface area contributed by atoms with Crippen LogP contribution >= 0.6 is 0 Å². The predicted molar refractivity (Wildman–Crippen MR) is 74.2 cm³/mol. The molecule has 0 aliphatic heterocycles. The quantitative estimate of drug-likeness (QED) is 0.832. The summed E-state index contributed by atoms with van der Waals surface area (Å²) in [4.78, 5) is 0. The third-order valence-corrected chi connectivity index (χ3v) is 3.02. The summed E-state index contributed by atoms with van der Waals surface area (Å²) in [6.45, 7) is 0.744. The second-order valence-electron chi connectivity index (χ2n) is 4.46. The zero-order chi connectivity index (χ0) is 15.2. The van der Waals surface area contributed by atoms with Gasteiger partial charge in [0.1, 0.15) is 18.5 Å². The smallest absolute Gasteiger partial charge is 0.159 e. The molecule has 0 aromatic heterocycles. The van der Waals surface area contributed by atoms with Crippen LogP contribution in [0.5, 0.6) is 5.75 Å². The van der Waals surface area contributed by atoms with Gasteiger partial charge < -0.3 is 14.6 Å². The fourth-order valence-corrected chi connectivity index (χ4v) is 1.93. The first-order valence-corrected chi connectivity index (χ1v) is 6.47. The predicted octanol–water partition coefficient (Wildman–Crippen LogP) is 3.07. The maximum absolute atomic E-state index is 13.3. The van der Waals surface area contributed by atoms with Crippen LogP contribution < -0.4 is 4.74 Å². The number of benzene rings is 2. The van der Waals surface area contributed by atoms with Crippen molar-refractivity contribution in [1.29, 1.82) is 0 Å². The summed E-state index contributed by atoms with van der Waals surface area (Å²) in [6.07, 6.45) is -1.10. The SMILES string of the molecule is COCCOc1ccccc1C(O)c1ccc(F)c(F)c1. The van der Waals surface area contributed by atoms with E-state index in [1.807, 2.05) is 0 Å². The Hall–Kier alpha value is -1.98. The Labute approximate surface area is 121 Å². The number of para-hydroxylation sites is 1. The lowest BCUT2D eigenvalue weighted by Gasteiger charge is -2.16. The van der Waals surface area contributed by atoms with Gasteiger partial charge in [-0.05, 0) is 23.8 Å². The summed E-state index contributed by atoms with van der Waals surface area (Å²) in [5, 5.41) is 10.3. The zero-order valence-electron chi connectivity index (χ0n) is 11.6. The zero-order valence-corrected chi connectivity index (χ0v) is 11.6. The highest BCUT2D eigenvalue weighted by Gasteiger charge is 2.17. The van der Waals surface area contributed by atoms with E-state index in [4.69, 9.17) is 9.47 Å².